The van der Waals surface area contributed by atoms with E-state index in [2.05, 4.69) is 15.3 Å². The molecule has 0 aliphatic heterocycles. The van der Waals surface area contributed by atoms with Crippen LogP contribution in [0.5, 0.6) is 11.6 Å². The van der Waals surface area contributed by atoms with Crippen molar-refractivity contribution in [3.63, 3.8) is 0 Å². The summed E-state index contributed by atoms with van der Waals surface area (Å²) in [6, 6.07) is 13.7. The zero-order valence-electron chi connectivity index (χ0n) is 16.4. The summed E-state index contributed by atoms with van der Waals surface area (Å²) < 4.78 is 6.81. The summed E-state index contributed by atoms with van der Waals surface area (Å²) in [6.45, 7) is 3.84. The number of amides is 1. The molecule has 0 spiro atoms. The molecule has 1 amide bonds. The van der Waals surface area contributed by atoms with Gasteiger partial charge in [-0.2, -0.15) is 0 Å². The Morgan fingerprint density at radius 1 is 1.23 bits per heavy atom. The van der Waals surface area contributed by atoms with Crippen LogP contribution in [0.25, 0.3) is 5.69 Å². The summed E-state index contributed by atoms with van der Waals surface area (Å²) in [4.78, 5) is 30.2. The fraction of sp³-hybridized carbons (Fsp3) is 0.143. The van der Waals surface area contributed by atoms with Gasteiger partial charge >= 0.3 is 0 Å². The van der Waals surface area contributed by atoms with Crippen molar-refractivity contribution in [2.45, 2.75) is 13.8 Å². The quantitative estimate of drug-likeness (QED) is 0.413. The van der Waals surface area contributed by atoms with E-state index in [1.807, 2.05) is 6.92 Å². The van der Waals surface area contributed by atoms with Gasteiger partial charge in [0, 0.05) is 18.8 Å². The fourth-order valence-electron chi connectivity index (χ4n) is 2.73. The third kappa shape index (κ3) is 4.81. The highest BCUT2D eigenvalue weighted by Gasteiger charge is 2.12. The van der Waals surface area contributed by atoms with Crippen molar-refractivity contribution in [2.24, 2.45) is 4.99 Å². The van der Waals surface area contributed by atoms with Crippen LogP contribution in [0.3, 0.4) is 0 Å². The highest BCUT2D eigenvalue weighted by molar-refractivity contribution is 7.71. The minimum Gasteiger partial charge on any atom is -0.494 e. The van der Waals surface area contributed by atoms with Crippen LogP contribution >= 0.6 is 12.2 Å². The zero-order chi connectivity index (χ0) is 21.7. The number of nitrogens with one attached hydrogen (secondary N) is 2. The van der Waals surface area contributed by atoms with Crippen molar-refractivity contribution in [1.82, 2.24) is 9.55 Å². The lowest BCUT2D eigenvalue weighted by Gasteiger charge is -2.12. The second kappa shape index (κ2) is 9.19. The number of carbonyl (C=O) groups excluding carboxylic acids is 1. The van der Waals surface area contributed by atoms with E-state index in [9.17, 15) is 14.7 Å². The number of aromatic nitrogens is 2. The molecule has 0 saturated heterocycles. The first-order valence-electron chi connectivity index (χ1n) is 9.12. The number of H-pyrrole nitrogens is 1. The van der Waals surface area contributed by atoms with Crippen LogP contribution < -0.4 is 15.6 Å². The van der Waals surface area contributed by atoms with E-state index in [-0.39, 0.29) is 22.1 Å². The van der Waals surface area contributed by atoms with Crippen molar-refractivity contribution in [2.75, 3.05) is 11.9 Å². The predicted molar refractivity (Wildman–Crippen MR) is 118 cm³/mol. The van der Waals surface area contributed by atoms with Crippen LogP contribution in [-0.4, -0.2) is 33.4 Å². The van der Waals surface area contributed by atoms with Gasteiger partial charge < -0.3 is 15.2 Å². The summed E-state index contributed by atoms with van der Waals surface area (Å²) in [6.07, 6.45) is 1.27. The van der Waals surface area contributed by atoms with Crippen LogP contribution in [-0.2, 0) is 4.79 Å². The number of hydrogen-bond donors (Lipinski definition) is 3. The van der Waals surface area contributed by atoms with Crippen LogP contribution in [0.1, 0.15) is 19.4 Å². The second-order valence-corrected chi connectivity index (χ2v) is 6.63. The summed E-state index contributed by atoms with van der Waals surface area (Å²) in [5, 5.41) is 13.4. The van der Waals surface area contributed by atoms with Gasteiger partial charge in [-0.1, -0.05) is 0 Å². The number of benzene rings is 2. The molecule has 0 radical (unpaired) electrons. The molecule has 1 heterocycles. The third-order valence-electron chi connectivity index (χ3n) is 4.06. The molecule has 0 bridgehead atoms. The average molecular weight is 424 g/mol. The minimum absolute atomic E-state index is 0.0385. The molecule has 0 aliphatic rings. The molecule has 30 heavy (non-hydrogen) atoms. The molecule has 0 unspecified atom stereocenters. The van der Waals surface area contributed by atoms with Crippen molar-refractivity contribution < 1.29 is 14.6 Å². The van der Waals surface area contributed by atoms with Crippen LogP contribution in [0.15, 0.2) is 58.3 Å². The number of hydrogen-bond acceptors (Lipinski definition) is 6. The van der Waals surface area contributed by atoms with Crippen LogP contribution in [0.2, 0.25) is 0 Å². The molecule has 0 atom stereocenters. The zero-order valence-corrected chi connectivity index (χ0v) is 17.2. The van der Waals surface area contributed by atoms with Gasteiger partial charge in [-0.25, -0.2) is 0 Å². The third-order valence-corrected chi connectivity index (χ3v) is 4.34. The smallest absolute Gasteiger partial charge is 0.264 e. The maximum Gasteiger partial charge on any atom is 0.264 e. The molecule has 3 aromatic rings. The van der Waals surface area contributed by atoms with E-state index in [1.165, 1.54) is 17.7 Å². The van der Waals surface area contributed by atoms with Crippen LogP contribution in [0.4, 0.5) is 11.4 Å². The van der Waals surface area contributed by atoms with Crippen molar-refractivity contribution in [3.8, 4) is 17.3 Å². The van der Waals surface area contributed by atoms with Gasteiger partial charge in [-0.05, 0) is 67.7 Å². The van der Waals surface area contributed by atoms with E-state index in [0.29, 0.717) is 29.4 Å². The van der Waals surface area contributed by atoms with E-state index in [1.54, 1.807) is 48.5 Å². The first-order chi connectivity index (χ1) is 14.4. The molecular weight excluding hydrogens is 404 g/mol. The molecule has 9 heteroatoms. The van der Waals surface area contributed by atoms with Crippen molar-refractivity contribution >= 4 is 35.7 Å². The minimum atomic E-state index is -0.557. The Hall–Kier alpha value is -3.72. The number of carbonyl (C=O) groups is 1. The number of aromatic hydroxyl groups is 1. The van der Waals surface area contributed by atoms with E-state index < -0.39 is 5.56 Å². The lowest BCUT2D eigenvalue weighted by atomic mass is 10.2. The molecule has 0 fully saturated rings. The Morgan fingerprint density at radius 3 is 2.50 bits per heavy atom. The van der Waals surface area contributed by atoms with E-state index in [0.717, 1.165) is 0 Å². The average Bonchev–Trinajstić information content (AvgIpc) is 2.70. The number of anilines is 1. The monoisotopic (exact) mass is 424 g/mol. The number of aromatic amines is 1. The highest BCUT2D eigenvalue weighted by Crippen LogP contribution is 2.22. The molecule has 0 aliphatic carbocycles. The fourth-order valence-corrected chi connectivity index (χ4v) is 3.01. The summed E-state index contributed by atoms with van der Waals surface area (Å²) in [5.41, 5.74) is 1.14. The molecular formula is C21H20N4O4S. The summed E-state index contributed by atoms with van der Waals surface area (Å²) >= 11 is 5.22. The van der Waals surface area contributed by atoms with Gasteiger partial charge in [0.1, 0.15) is 11.3 Å². The maximum absolute atomic E-state index is 12.3. The van der Waals surface area contributed by atoms with Crippen molar-refractivity contribution in [3.05, 3.63) is 69.2 Å². The molecule has 0 saturated carbocycles. The largest absolute Gasteiger partial charge is 0.494 e. The first kappa shape index (κ1) is 21.0. The summed E-state index contributed by atoms with van der Waals surface area (Å²) in [5.74, 6) is 0.179. The summed E-state index contributed by atoms with van der Waals surface area (Å²) in [7, 11) is 0. The Labute approximate surface area is 177 Å². The van der Waals surface area contributed by atoms with E-state index >= 15 is 0 Å². The molecule has 154 valence electrons. The Kier molecular flexibility index (Phi) is 6.43. The number of rotatable bonds is 6. The number of aliphatic imine (C=N–C) groups is 1. The van der Waals surface area contributed by atoms with Crippen molar-refractivity contribution in [1.29, 1.82) is 0 Å². The lowest BCUT2D eigenvalue weighted by Crippen LogP contribution is -2.18. The van der Waals surface area contributed by atoms with Gasteiger partial charge in [0.05, 0.1) is 18.0 Å². The first-order valence-corrected chi connectivity index (χ1v) is 9.53. The second-order valence-electron chi connectivity index (χ2n) is 6.25. The van der Waals surface area contributed by atoms with Gasteiger partial charge in [0.15, 0.2) is 4.77 Å². The molecule has 3 rings (SSSR count). The van der Waals surface area contributed by atoms with Gasteiger partial charge in [0.25, 0.3) is 5.56 Å². The van der Waals surface area contributed by atoms with E-state index in [4.69, 9.17) is 17.0 Å². The number of nitrogens with zero attached hydrogens (tertiary/aromatic N) is 2. The predicted octanol–water partition coefficient (Wildman–Crippen LogP) is 3.71. The normalized spacial score (nSPS) is 10.9. The maximum atomic E-state index is 12.3. The lowest BCUT2D eigenvalue weighted by molar-refractivity contribution is -0.114. The Morgan fingerprint density at radius 2 is 1.90 bits per heavy atom. The molecule has 2 aromatic carbocycles. The topological polar surface area (TPSA) is 109 Å². The number of ether oxygens (including phenoxy) is 1. The Balaban J connectivity index is 1.95. The standard InChI is InChI=1S/C21H20N4O4S/c1-3-29-17-10-8-16(9-11-17)25-20(28)18(19(27)24-21(25)30)12-22-14-4-6-15(7-5-14)23-13(2)26/h4-12,28H,3H2,1-2H3,(H,23,26)(H,24,27,30). The SMILES string of the molecule is CCOc1ccc(-n2c(O)c(C=Nc3ccc(NC(C)=O)cc3)c(=O)[nH]c2=S)cc1. The highest BCUT2D eigenvalue weighted by atomic mass is 32.1. The molecule has 3 N–H and O–H groups in total. The van der Waals surface area contributed by atoms with Gasteiger partial charge in [0.2, 0.25) is 11.8 Å². The van der Waals surface area contributed by atoms with Crippen LogP contribution in [0, 0.1) is 4.77 Å². The molecule has 8 nitrogen and oxygen atoms in total. The Bertz CT molecular complexity index is 1200. The van der Waals surface area contributed by atoms with Gasteiger partial charge in [-0.3, -0.25) is 24.1 Å². The van der Waals surface area contributed by atoms with Gasteiger partial charge in [-0.15, -0.1) is 0 Å². The molecule has 1 aromatic heterocycles.